The van der Waals surface area contributed by atoms with Crippen LogP contribution in [-0.4, -0.2) is 52.1 Å². The Morgan fingerprint density at radius 1 is 1.31 bits per heavy atom. The van der Waals surface area contributed by atoms with Crippen molar-refractivity contribution in [2.24, 2.45) is 0 Å². The summed E-state index contributed by atoms with van der Waals surface area (Å²) in [6.07, 6.45) is 1.14. The number of fused-ring (bicyclic) bond motifs is 1. The fraction of sp³-hybridized carbons (Fsp3) is 0.550. The van der Waals surface area contributed by atoms with Crippen molar-refractivity contribution >= 4 is 23.1 Å². The number of carbonyl (C=O) groups excluding carboxylic acids is 1. The van der Waals surface area contributed by atoms with Crippen LogP contribution in [0.2, 0.25) is 0 Å². The smallest absolute Gasteiger partial charge is 0.408 e. The molecular formula is C20H27N3O6. The fourth-order valence-corrected chi connectivity index (χ4v) is 3.30. The van der Waals surface area contributed by atoms with Crippen molar-refractivity contribution in [2.45, 2.75) is 51.8 Å². The number of nitrogens with zero attached hydrogens (tertiary/aromatic N) is 2. The summed E-state index contributed by atoms with van der Waals surface area (Å²) in [5, 5.41) is 11.6. The topological polar surface area (TPSA) is 112 Å². The summed E-state index contributed by atoms with van der Waals surface area (Å²) in [5.41, 5.74) is 1.00. The molecule has 2 aromatic rings. The average molecular weight is 405 g/mol. The van der Waals surface area contributed by atoms with Gasteiger partial charge in [-0.15, -0.1) is 0 Å². The molecular weight excluding hydrogens is 378 g/mol. The number of carboxylic acid groups (broad SMARTS) is 1. The summed E-state index contributed by atoms with van der Waals surface area (Å²) in [6.45, 7) is 6.53. The van der Waals surface area contributed by atoms with Crippen molar-refractivity contribution in [3.05, 3.63) is 24.0 Å². The lowest BCUT2D eigenvalue weighted by Gasteiger charge is -2.26. The number of ether oxygens (including phenoxy) is 3. The third-order valence-electron chi connectivity index (χ3n) is 4.44. The minimum absolute atomic E-state index is 0.166. The summed E-state index contributed by atoms with van der Waals surface area (Å²) < 4.78 is 18.2. The van der Waals surface area contributed by atoms with Gasteiger partial charge in [0.25, 0.3) is 0 Å². The van der Waals surface area contributed by atoms with Gasteiger partial charge < -0.3 is 29.2 Å². The molecule has 0 aliphatic carbocycles. The number of aromatic nitrogens is 2. The largest absolute Gasteiger partial charge is 0.482 e. The highest BCUT2D eigenvalue weighted by Gasteiger charge is 2.23. The lowest BCUT2D eigenvalue weighted by Crippen LogP contribution is -2.33. The molecule has 1 aliphatic rings. The highest BCUT2D eigenvalue weighted by molar-refractivity contribution is 5.78. The molecule has 0 spiro atoms. The van der Waals surface area contributed by atoms with Crippen LogP contribution in [0.15, 0.2) is 18.2 Å². The van der Waals surface area contributed by atoms with Gasteiger partial charge in [-0.3, -0.25) is 0 Å². The molecule has 0 radical (unpaired) electrons. The molecule has 2 heterocycles. The summed E-state index contributed by atoms with van der Waals surface area (Å²) in [5.74, 6) is 0.123. The van der Waals surface area contributed by atoms with Crippen molar-refractivity contribution < 1.29 is 28.9 Å². The van der Waals surface area contributed by atoms with Crippen LogP contribution in [0.1, 0.15) is 45.5 Å². The summed E-state index contributed by atoms with van der Waals surface area (Å²) >= 11 is 0. The Balaban J connectivity index is 1.88. The third kappa shape index (κ3) is 5.60. The van der Waals surface area contributed by atoms with E-state index in [-0.39, 0.29) is 12.6 Å². The standard InChI is InChI=1S/C20H27N3O6/c1-20(2,3)29-19(26)21-11-17-22-15-5-4-14(28-12-18(24)25)10-16(15)23(17)13-6-8-27-9-7-13/h4-5,10,13H,6-9,11-12H2,1-3H3,(H,21,26)(H,24,25). The van der Waals surface area contributed by atoms with E-state index in [1.807, 2.05) is 20.8 Å². The molecule has 1 aromatic carbocycles. The van der Waals surface area contributed by atoms with Crippen molar-refractivity contribution in [3.8, 4) is 5.75 Å². The van der Waals surface area contributed by atoms with Crippen LogP contribution < -0.4 is 10.1 Å². The Hall–Kier alpha value is -2.81. The molecule has 0 saturated carbocycles. The number of rotatable bonds is 6. The van der Waals surface area contributed by atoms with E-state index in [4.69, 9.17) is 19.3 Å². The number of hydrogen-bond acceptors (Lipinski definition) is 6. The van der Waals surface area contributed by atoms with Crippen molar-refractivity contribution in [1.82, 2.24) is 14.9 Å². The number of carboxylic acids is 1. The molecule has 3 rings (SSSR count). The molecule has 0 bridgehead atoms. The molecule has 9 heteroatoms. The number of amides is 1. The van der Waals surface area contributed by atoms with E-state index in [2.05, 4.69) is 14.9 Å². The van der Waals surface area contributed by atoms with Gasteiger partial charge in [-0.1, -0.05) is 0 Å². The zero-order valence-electron chi connectivity index (χ0n) is 16.9. The maximum atomic E-state index is 12.1. The number of alkyl carbamates (subject to hydrolysis) is 1. The molecule has 1 aromatic heterocycles. The second kappa shape index (κ2) is 8.69. The number of hydrogen-bond donors (Lipinski definition) is 2. The number of imidazole rings is 1. The molecule has 1 aliphatic heterocycles. The van der Waals surface area contributed by atoms with Crippen LogP contribution in [0.3, 0.4) is 0 Å². The SMILES string of the molecule is CC(C)(C)OC(=O)NCc1nc2ccc(OCC(=O)O)cc2n1C1CCOCC1. The summed E-state index contributed by atoms with van der Waals surface area (Å²) in [4.78, 5) is 27.5. The van der Waals surface area contributed by atoms with Gasteiger partial charge in [0.2, 0.25) is 0 Å². The zero-order chi connectivity index (χ0) is 21.0. The van der Waals surface area contributed by atoms with Gasteiger partial charge in [-0.05, 0) is 45.7 Å². The molecule has 0 unspecified atom stereocenters. The Bertz CT molecular complexity index is 880. The van der Waals surface area contributed by atoms with Crippen molar-refractivity contribution in [2.75, 3.05) is 19.8 Å². The van der Waals surface area contributed by atoms with Crippen LogP contribution in [0.4, 0.5) is 4.79 Å². The van der Waals surface area contributed by atoms with E-state index in [9.17, 15) is 9.59 Å². The maximum absolute atomic E-state index is 12.1. The first-order chi connectivity index (χ1) is 13.7. The highest BCUT2D eigenvalue weighted by atomic mass is 16.6. The first-order valence-electron chi connectivity index (χ1n) is 9.63. The van der Waals surface area contributed by atoms with Crippen LogP contribution in [0.5, 0.6) is 5.75 Å². The molecule has 1 amide bonds. The maximum Gasteiger partial charge on any atom is 0.408 e. The monoisotopic (exact) mass is 405 g/mol. The van der Waals surface area contributed by atoms with E-state index >= 15 is 0 Å². The van der Waals surface area contributed by atoms with E-state index < -0.39 is 24.3 Å². The van der Waals surface area contributed by atoms with Gasteiger partial charge in [-0.2, -0.15) is 0 Å². The summed E-state index contributed by atoms with van der Waals surface area (Å²) in [6, 6.07) is 5.44. The van der Waals surface area contributed by atoms with Gasteiger partial charge in [0.15, 0.2) is 6.61 Å². The van der Waals surface area contributed by atoms with E-state index in [0.29, 0.717) is 24.8 Å². The number of nitrogens with one attached hydrogen (secondary N) is 1. The molecule has 2 N–H and O–H groups in total. The van der Waals surface area contributed by atoms with Gasteiger partial charge in [0.05, 0.1) is 17.6 Å². The minimum Gasteiger partial charge on any atom is -0.482 e. The second-order valence-corrected chi connectivity index (χ2v) is 7.93. The van der Waals surface area contributed by atoms with Crippen LogP contribution in [0, 0.1) is 0 Å². The van der Waals surface area contributed by atoms with Gasteiger partial charge in [-0.25, -0.2) is 14.6 Å². The molecule has 1 saturated heterocycles. The Labute approximate surface area is 168 Å². The van der Waals surface area contributed by atoms with E-state index in [0.717, 1.165) is 23.9 Å². The molecule has 29 heavy (non-hydrogen) atoms. The minimum atomic E-state index is -1.04. The fourth-order valence-electron chi connectivity index (χ4n) is 3.30. The highest BCUT2D eigenvalue weighted by Crippen LogP contribution is 2.30. The third-order valence-corrected chi connectivity index (χ3v) is 4.44. The van der Waals surface area contributed by atoms with Gasteiger partial charge in [0.1, 0.15) is 17.2 Å². The van der Waals surface area contributed by atoms with Crippen LogP contribution in [-0.2, 0) is 20.8 Å². The van der Waals surface area contributed by atoms with Crippen molar-refractivity contribution in [3.63, 3.8) is 0 Å². The predicted molar refractivity (Wildman–Crippen MR) is 105 cm³/mol. The van der Waals surface area contributed by atoms with E-state index in [1.54, 1.807) is 18.2 Å². The lowest BCUT2D eigenvalue weighted by molar-refractivity contribution is -0.139. The molecule has 1 fully saturated rings. The quantitative estimate of drug-likeness (QED) is 0.760. The number of carbonyl (C=O) groups is 2. The first kappa shape index (κ1) is 20.9. The van der Waals surface area contributed by atoms with Crippen molar-refractivity contribution in [1.29, 1.82) is 0 Å². The van der Waals surface area contributed by atoms with Gasteiger partial charge >= 0.3 is 12.1 Å². The lowest BCUT2D eigenvalue weighted by atomic mass is 10.1. The zero-order valence-corrected chi connectivity index (χ0v) is 16.9. The normalized spacial score (nSPS) is 15.3. The first-order valence-corrected chi connectivity index (χ1v) is 9.63. The number of benzene rings is 1. The molecule has 158 valence electrons. The Kier molecular flexibility index (Phi) is 6.26. The second-order valence-electron chi connectivity index (χ2n) is 7.93. The van der Waals surface area contributed by atoms with Crippen LogP contribution >= 0.6 is 0 Å². The van der Waals surface area contributed by atoms with Gasteiger partial charge in [0, 0.05) is 25.3 Å². The van der Waals surface area contributed by atoms with E-state index in [1.165, 1.54) is 0 Å². The average Bonchev–Trinajstić information content (AvgIpc) is 3.01. The Morgan fingerprint density at radius 2 is 2.03 bits per heavy atom. The number of aliphatic carboxylic acids is 1. The predicted octanol–water partition coefficient (Wildman–Crippen LogP) is 2.88. The molecule has 9 nitrogen and oxygen atoms in total. The van der Waals surface area contributed by atoms with Crippen LogP contribution in [0.25, 0.3) is 11.0 Å². The molecule has 0 atom stereocenters. The Morgan fingerprint density at radius 3 is 2.69 bits per heavy atom. The summed E-state index contributed by atoms with van der Waals surface area (Å²) in [7, 11) is 0.